The predicted molar refractivity (Wildman–Crippen MR) is 91.6 cm³/mol. The molecule has 0 nitrogen and oxygen atoms in total. The second-order valence-corrected chi connectivity index (χ2v) is 7.57. The molecule has 0 aromatic heterocycles. The Hall–Kier alpha value is -1.38. The second kappa shape index (κ2) is 5.19. The van der Waals surface area contributed by atoms with Gasteiger partial charge in [-0.15, -0.1) is 0 Å². The van der Waals surface area contributed by atoms with Crippen LogP contribution >= 0.6 is 21.6 Å². The first kappa shape index (κ1) is 12.4. The molecule has 2 heteroatoms. The van der Waals surface area contributed by atoms with Gasteiger partial charge in [0, 0.05) is 0 Å². The number of benzene rings is 2. The lowest BCUT2D eigenvalue weighted by Crippen LogP contribution is -1.89. The number of hydrogen-bond acceptors (Lipinski definition) is 2. The molecule has 2 aromatic carbocycles. The smallest absolute Gasteiger partial charge is 0.0590 e. The van der Waals surface area contributed by atoms with E-state index in [1.165, 1.54) is 22.3 Å². The van der Waals surface area contributed by atoms with Gasteiger partial charge in [0.25, 0.3) is 0 Å². The molecule has 2 atom stereocenters. The average molecular weight is 294 g/mol. The van der Waals surface area contributed by atoms with Crippen molar-refractivity contribution in [2.45, 2.75) is 10.5 Å². The summed E-state index contributed by atoms with van der Waals surface area (Å²) in [7, 11) is 3.93. The third-order valence-electron chi connectivity index (χ3n) is 3.77. The average Bonchev–Trinajstić information content (AvgIpc) is 3.09. The van der Waals surface area contributed by atoms with E-state index in [0.717, 1.165) is 0 Å². The van der Waals surface area contributed by atoms with E-state index in [9.17, 15) is 0 Å². The molecule has 2 aliphatic carbocycles. The van der Waals surface area contributed by atoms with E-state index in [1.807, 2.05) is 21.6 Å². The van der Waals surface area contributed by atoms with Crippen LogP contribution in [0.1, 0.15) is 32.8 Å². The molecule has 0 spiro atoms. The summed E-state index contributed by atoms with van der Waals surface area (Å²) in [5, 5.41) is 0.967. The monoisotopic (exact) mass is 294 g/mol. The molecule has 0 saturated carbocycles. The van der Waals surface area contributed by atoms with Crippen LogP contribution in [-0.4, -0.2) is 0 Å². The molecule has 0 radical (unpaired) electrons. The molecule has 0 N–H and O–H groups in total. The van der Waals surface area contributed by atoms with Crippen LogP contribution in [0.5, 0.6) is 0 Å². The fourth-order valence-electron chi connectivity index (χ4n) is 2.72. The van der Waals surface area contributed by atoms with E-state index in [4.69, 9.17) is 0 Å². The fourth-order valence-corrected chi connectivity index (χ4v) is 5.61. The maximum Gasteiger partial charge on any atom is 0.0590 e. The first-order chi connectivity index (χ1) is 9.92. The molecule has 98 valence electrons. The van der Waals surface area contributed by atoms with Crippen molar-refractivity contribution in [3.63, 3.8) is 0 Å². The molecule has 2 aromatic rings. The Bertz CT molecular complexity index is 639. The van der Waals surface area contributed by atoms with E-state index < -0.39 is 0 Å². The number of rotatable bonds is 3. The first-order valence-electron chi connectivity index (χ1n) is 6.78. The zero-order valence-corrected chi connectivity index (χ0v) is 12.5. The normalized spacial score (nSPS) is 22.0. The summed E-state index contributed by atoms with van der Waals surface area (Å²) in [4.78, 5) is 0. The lowest BCUT2D eigenvalue weighted by atomic mass is 10.1. The van der Waals surface area contributed by atoms with Crippen molar-refractivity contribution in [1.82, 2.24) is 0 Å². The Morgan fingerprint density at radius 1 is 0.600 bits per heavy atom. The molecule has 0 saturated heterocycles. The Labute approximate surface area is 127 Å². The molecule has 0 amide bonds. The second-order valence-electron chi connectivity index (χ2n) is 5.01. The number of hydrogen-bond donors (Lipinski definition) is 0. The van der Waals surface area contributed by atoms with Crippen molar-refractivity contribution >= 4 is 33.7 Å². The molecule has 0 bridgehead atoms. The largest absolute Gasteiger partial charge is 0.0807 e. The van der Waals surface area contributed by atoms with E-state index >= 15 is 0 Å². The van der Waals surface area contributed by atoms with Crippen LogP contribution in [0.25, 0.3) is 12.2 Å². The summed E-state index contributed by atoms with van der Waals surface area (Å²) in [6.07, 6.45) is 9.11. The van der Waals surface area contributed by atoms with Gasteiger partial charge in [-0.2, -0.15) is 0 Å². The maximum atomic E-state index is 2.31. The Morgan fingerprint density at radius 2 is 1.05 bits per heavy atom. The van der Waals surface area contributed by atoms with E-state index in [0.29, 0.717) is 10.5 Å². The summed E-state index contributed by atoms with van der Waals surface area (Å²) >= 11 is 0. The van der Waals surface area contributed by atoms with Gasteiger partial charge in [-0.1, -0.05) is 94.4 Å². The molecule has 20 heavy (non-hydrogen) atoms. The van der Waals surface area contributed by atoms with Crippen molar-refractivity contribution < 1.29 is 0 Å². The number of fused-ring (bicyclic) bond motifs is 2. The Balaban J connectivity index is 1.48. The van der Waals surface area contributed by atoms with Gasteiger partial charge in [0.15, 0.2) is 0 Å². The Kier molecular flexibility index (Phi) is 3.21. The molecule has 0 aliphatic heterocycles. The third-order valence-corrected chi connectivity index (χ3v) is 6.69. The highest BCUT2D eigenvalue weighted by molar-refractivity contribution is 8.76. The van der Waals surface area contributed by atoms with Gasteiger partial charge in [0.05, 0.1) is 10.5 Å². The topological polar surface area (TPSA) is 0 Å². The van der Waals surface area contributed by atoms with Crippen LogP contribution < -0.4 is 0 Å². The summed E-state index contributed by atoms with van der Waals surface area (Å²) in [5.41, 5.74) is 5.63. The first-order valence-corrected chi connectivity index (χ1v) is 9.06. The standard InChI is InChI=1S/C18H14S2/c1-3-7-15-13(5-1)9-11-17(15)19-20-18-12-10-14-6-2-4-8-16(14)18/h1-12,17-18H. The van der Waals surface area contributed by atoms with Crippen molar-refractivity contribution in [3.8, 4) is 0 Å². The zero-order chi connectivity index (χ0) is 13.4. The van der Waals surface area contributed by atoms with E-state index in [2.05, 4.69) is 72.8 Å². The summed E-state index contributed by atoms with van der Waals surface area (Å²) in [6.45, 7) is 0. The molecule has 2 unspecified atom stereocenters. The minimum absolute atomic E-state index is 0.484. The van der Waals surface area contributed by atoms with Gasteiger partial charge in [0.1, 0.15) is 0 Å². The van der Waals surface area contributed by atoms with Crippen LogP contribution in [0, 0.1) is 0 Å². The zero-order valence-electron chi connectivity index (χ0n) is 10.9. The van der Waals surface area contributed by atoms with Crippen LogP contribution in [0.15, 0.2) is 60.7 Å². The summed E-state index contributed by atoms with van der Waals surface area (Å²) in [5.74, 6) is 0. The molecular formula is C18H14S2. The summed E-state index contributed by atoms with van der Waals surface area (Å²) < 4.78 is 0. The van der Waals surface area contributed by atoms with Crippen LogP contribution in [0.3, 0.4) is 0 Å². The van der Waals surface area contributed by atoms with Crippen molar-refractivity contribution in [1.29, 1.82) is 0 Å². The minimum atomic E-state index is 0.484. The van der Waals surface area contributed by atoms with E-state index in [-0.39, 0.29) is 0 Å². The molecule has 0 fully saturated rings. The fraction of sp³-hybridized carbons (Fsp3) is 0.111. The van der Waals surface area contributed by atoms with Gasteiger partial charge < -0.3 is 0 Å². The van der Waals surface area contributed by atoms with Gasteiger partial charge >= 0.3 is 0 Å². The SMILES string of the molecule is C1=CC(SSC2C=Cc3ccccc32)c2ccccc21. The highest BCUT2D eigenvalue weighted by Gasteiger charge is 2.22. The quantitative estimate of drug-likeness (QED) is 0.646. The van der Waals surface area contributed by atoms with Crippen molar-refractivity contribution in [2.24, 2.45) is 0 Å². The highest BCUT2D eigenvalue weighted by atomic mass is 33.1. The molecule has 0 heterocycles. The van der Waals surface area contributed by atoms with Gasteiger partial charge in [-0.3, -0.25) is 0 Å². The minimum Gasteiger partial charge on any atom is -0.0807 e. The van der Waals surface area contributed by atoms with Gasteiger partial charge in [-0.25, -0.2) is 0 Å². The van der Waals surface area contributed by atoms with Crippen molar-refractivity contribution in [3.05, 3.63) is 82.9 Å². The Morgan fingerprint density at radius 3 is 1.55 bits per heavy atom. The lowest BCUT2D eigenvalue weighted by molar-refractivity contribution is 1.27. The maximum absolute atomic E-state index is 2.31. The molecule has 4 rings (SSSR count). The third kappa shape index (κ3) is 2.13. The predicted octanol–water partition coefficient (Wildman–Crippen LogP) is 5.90. The van der Waals surface area contributed by atoms with Crippen LogP contribution in [0.4, 0.5) is 0 Å². The van der Waals surface area contributed by atoms with E-state index in [1.54, 1.807) is 0 Å². The lowest BCUT2D eigenvalue weighted by Gasteiger charge is -2.14. The van der Waals surface area contributed by atoms with Gasteiger partial charge in [-0.05, 0) is 22.3 Å². The highest BCUT2D eigenvalue weighted by Crippen LogP contribution is 2.52. The molecule has 2 aliphatic rings. The van der Waals surface area contributed by atoms with Crippen LogP contribution in [0.2, 0.25) is 0 Å². The van der Waals surface area contributed by atoms with Gasteiger partial charge in [0.2, 0.25) is 0 Å². The van der Waals surface area contributed by atoms with Crippen molar-refractivity contribution in [2.75, 3.05) is 0 Å². The van der Waals surface area contributed by atoms with Crippen LogP contribution in [-0.2, 0) is 0 Å². The molecular weight excluding hydrogens is 280 g/mol. The summed E-state index contributed by atoms with van der Waals surface area (Å²) in [6, 6.07) is 17.4.